The van der Waals surface area contributed by atoms with Gasteiger partial charge >= 0.3 is 0 Å². The SMILES string of the molecule is Cc1cc2[nH]c(-c3cccnc3)nc2cc1Nc1nccc(-c2cccnc2)n1. The van der Waals surface area contributed by atoms with Gasteiger partial charge in [-0.25, -0.2) is 15.0 Å². The van der Waals surface area contributed by atoms with Crippen molar-refractivity contribution in [2.75, 3.05) is 5.32 Å². The summed E-state index contributed by atoms with van der Waals surface area (Å²) in [6.45, 7) is 2.04. The first-order valence-electron chi connectivity index (χ1n) is 9.17. The molecule has 0 saturated carbocycles. The van der Waals surface area contributed by atoms with Crippen LogP contribution >= 0.6 is 0 Å². The van der Waals surface area contributed by atoms with Crippen LogP contribution in [0.2, 0.25) is 0 Å². The molecule has 0 aliphatic rings. The summed E-state index contributed by atoms with van der Waals surface area (Å²) in [6.07, 6.45) is 8.80. The minimum absolute atomic E-state index is 0.525. The molecule has 7 nitrogen and oxygen atoms in total. The summed E-state index contributed by atoms with van der Waals surface area (Å²) in [6, 6.07) is 13.7. The summed E-state index contributed by atoms with van der Waals surface area (Å²) in [5, 5.41) is 3.31. The fourth-order valence-corrected chi connectivity index (χ4v) is 3.15. The third-order valence-corrected chi connectivity index (χ3v) is 4.62. The highest BCUT2D eigenvalue weighted by molar-refractivity contribution is 5.85. The van der Waals surface area contributed by atoms with Gasteiger partial charge in [-0.2, -0.15) is 0 Å². The van der Waals surface area contributed by atoms with E-state index < -0.39 is 0 Å². The Kier molecular flexibility index (Phi) is 4.18. The van der Waals surface area contributed by atoms with E-state index in [1.165, 1.54) is 0 Å². The van der Waals surface area contributed by atoms with Crippen molar-refractivity contribution in [3.8, 4) is 22.6 Å². The van der Waals surface area contributed by atoms with Gasteiger partial charge in [0, 0.05) is 47.8 Å². The lowest BCUT2D eigenvalue weighted by Gasteiger charge is -2.09. The second-order valence-corrected chi connectivity index (χ2v) is 6.64. The predicted octanol–water partition coefficient (Wildman–Crippen LogP) is 4.53. The summed E-state index contributed by atoms with van der Waals surface area (Å²) >= 11 is 0. The molecule has 5 aromatic rings. The van der Waals surface area contributed by atoms with Crippen molar-refractivity contribution >= 4 is 22.7 Å². The molecule has 0 aliphatic heterocycles. The average molecular weight is 379 g/mol. The van der Waals surface area contributed by atoms with Crippen molar-refractivity contribution in [1.29, 1.82) is 0 Å². The third-order valence-electron chi connectivity index (χ3n) is 4.62. The number of hydrogen-bond acceptors (Lipinski definition) is 6. The molecule has 0 amide bonds. The van der Waals surface area contributed by atoms with Gasteiger partial charge in [-0.05, 0) is 55.0 Å². The van der Waals surface area contributed by atoms with Crippen LogP contribution in [0.3, 0.4) is 0 Å². The number of hydrogen-bond donors (Lipinski definition) is 2. The molecule has 0 aliphatic carbocycles. The molecule has 29 heavy (non-hydrogen) atoms. The van der Waals surface area contributed by atoms with E-state index in [-0.39, 0.29) is 0 Å². The van der Waals surface area contributed by atoms with E-state index in [9.17, 15) is 0 Å². The average Bonchev–Trinajstić information content (AvgIpc) is 3.18. The largest absolute Gasteiger partial charge is 0.338 e. The molecule has 0 unspecified atom stereocenters. The van der Waals surface area contributed by atoms with Gasteiger partial charge in [0.15, 0.2) is 0 Å². The zero-order valence-corrected chi connectivity index (χ0v) is 15.7. The van der Waals surface area contributed by atoms with Gasteiger partial charge in [-0.1, -0.05) is 0 Å². The second-order valence-electron chi connectivity index (χ2n) is 6.64. The number of benzene rings is 1. The molecule has 0 radical (unpaired) electrons. The molecule has 0 atom stereocenters. The van der Waals surface area contributed by atoms with E-state index in [1.807, 2.05) is 43.3 Å². The van der Waals surface area contributed by atoms with Crippen LogP contribution in [-0.4, -0.2) is 29.9 Å². The number of nitrogens with one attached hydrogen (secondary N) is 2. The quantitative estimate of drug-likeness (QED) is 0.477. The number of aryl methyl sites for hydroxylation is 1. The number of H-pyrrole nitrogens is 1. The Labute approximate surface area is 167 Å². The van der Waals surface area contributed by atoms with Crippen LogP contribution in [0.4, 0.5) is 11.6 Å². The summed E-state index contributed by atoms with van der Waals surface area (Å²) in [5.41, 5.74) is 6.51. The molecule has 4 heterocycles. The Balaban J connectivity index is 1.49. The van der Waals surface area contributed by atoms with E-state index >= 15 is 0 Å². The van der Waals surface area contributed by atoms with E-state index in [2.05, 4.69) is 36.3 Å². The fourth-order valence-electron chi connectivity index (χ4n) is 3.15. The van der Waals surface area contributed by atoms with E-state index in [0.29, 0.717) is 5.95 Å². The highest BCUT2D eigenvalue weighted by Gasteiger charge is 2.10. The lowest BCUT2D eigenvalue weighted by molar-refractivity contribution is 1.16. The maximum absolute atomic E-state index is 4.71. The number of aromatic nitrogens is 6. The van der Waals surface area contributed by atoms with Gasteiger partial charge in [-0.15, -0.1) is 0 Å². The molecule has 5 rings (SSSR count). The van der Waals surface area contributed by atoms with Gasteiger partial charge in [0.1, 0.15) is 5.82 Å². The highest BCUT2D eigenvalue weighted by atomic mass is 15.1. The number of anilines is 2. The summed E-state index contributed by atoms with van der Waals surface area (Å²) in [4.78, 5) is 25.3. The minimum Gasteiger partial charge on any atom is -0.338 e. The van der Waals surface area contributed by atoms with Crippen molar-refractivity contribution in [3.05, 3.63) is 79.0 Å². The van der Waals surface area contributed by atoms with Crippen molar-refractivity contribution in [3.63, 3.8) is 0 Å². The molecule has 0 saturated heterocycles. The molecular weight excluding hydrogens is 362 g/mol. The minimum atomic E-state index is 0.525. The standard InChI is InChI=1S/C22H17N7/c1-14-10-19-20(27-21(26-19)16-5-3-8-24-13-16)11-18(14)29-22-25-9-6-17(28-22)15-4-2-7-23-12-15/h2-13H,1H3,(H,26,27)(H,25,28,29). The zero-order valence-electron chi connectivity index (χ0n) is 15.7. The van der Waals surface area contributed by atoms with E-state index in [0.717, 1.165) is 44.9 Å². The predicted molar refractivity (Wildman–Crippen MR) is 113 cm³/mol. The second kappa shape index (κ2) is 7.12. The number of rotatable bonds is 4. The number of fused-ring (bicyclic) bond motifs is 1. The van der Waals surface area contributed by atoms with Gasteiger partial charge in [0.05, 0.1) is 16.7 Å². The summed E-state index contributed by atoms with van der Waals surface area (Å²) in [5.74, 6) is 1.32. The van der Waals surface area contributed by atoms with Gasteiger partial charge in [0.2, 0.25) is 5.95 Å². The van der Waals surface area contributed by atoms with Crippen LogP contribution in [0.25, 0.3) is 33.7 Å². The molecule has 4 aromatic heterocycles. The van der Waals surface area contributed by atoms with Crippen LogP contribution in [0, 0.1) is 6.92 Å². The molecule has 2 N–H and O–H groups in total. The fraction of sp³-hybridized carbons (Fsp3) is 0.0455. The first kappa shape index (κ1) is 17.0. The summed E-state index contributed by atoms with van der Waals surface area (Å²) < 4.78 is 0. The molecular formula is C22H17N7. The summed E-state index contributed by atoms with van der Waals surface area (Å²) in [7, 11) is 0. The zero-order chi connectivity index (χ0) is 19.6. The Morgan fingerprint density at radius 1 is 0.862 bits per heavy atom. The van der Waals surface area contributed by atoms with Crippen LogP contribution in [0.5, 0.6) is 0 Å². The van der Waals surface area contributed by atoms with E-state index in [4.69, 9.17) is 4.98 Å². The normalized spacial score (nSPS) is 10.9. The monoisotopic (exact) mass is 379 g/mol. The van der Waals surface area contributed by atoms with Gasteiger partial charge < -0.3 is 10.3 Å². The molecule has 0 spiro atoms. The van der Waals surface area contributed by atoms with Crippen LogP contribution in [0.15, 0.2) is 73.4 Å². The Hall–Kier alpha value is -4.13. The van der Waals surface area contributed by atoms with Gasteiger partial charge in [-0.3, -0.25) is 9.97 Å². The number of aromatic amines is 1. The highest BCUT2D eigenvalue weighted by Crippen LogP contribution is 2.27. The lowest BCUT2D eigenvalue weighted by atomic mass is 10.2. The van der Waals surface area contributed by atoms with Crippen LogP contribution < -0.4 is 5.32 Å². The van der Waals surface area contributed by atoms with Crippen molar-refractivity contribution < 1.29 is 0 Å². The molecule has 1 aromatic carbocycles. The molecule has 140 valence electrons. The topological polar surface area (TPSA) is 92.3 Å². The first-order valence-corrected chi connectivity index (χ1v) is 9.17. The van der Waals surface area contributed by atoms with Crippen molar-refractivity contribution in [1.82, 2.24) is 29.9 Å². The maximum Gasteiger partial charge on any atom is 0.227 e. The lowest BCUT2D eigenvalue weighted by Crippen LogP contribution is -1.99. The molecule has 0 fully saturated rings. The molecule has 7 heteroatoms. The van der Waals surface area contributed by atoms with E-state index in [1.54, 1.807) is 31.0 Å². The van der Waals surface area contributed by atoms with Crippen LogP contribution in [-0.2, 0) is 0 Å². The number of pyridine rings is 2. The maximum atomic E-state index is 4.71. The Morgan fingerprint density at radius 3 is 2.41 bits per heavy atom. The Bertz CT molecular complexity index is 1280. The number of imidazole rings is 1. The first-order chi connectivity index (χ1) is 14.3. The third kappa shape index (κ3) is 3.41. The number of nitrogens with zero attached hydrogens (tertiary/aromatic N) is 5. The van der Waals surface area contributed by atoms with Gasteiger partial charge in [0.25, 0.3) is 0 Å². The smallest absolute Gasteiger partial charge is 0.227 e. The molecule has 0 bridgehead atoms. The van der Waals surface area contributed by atoms with Crippen LogP contribution in [0.1, 0.15) is 5.56 Å². The Morgan fingerprint density at radius 2 is 1.66 bits per heavy atom. The van der Waals surface area contributed by atoms with Crippen molar-refractivity contribution in [2.24, 2.45) is 0 Å². The van der Waals surface area contributed by atoms with Crippen molar-refractivity contribution in [2.45, 2.75) is 6.92 Å².